The van der Waals surface area contributed by atoms with Crippen molar-refractivity contribution in [2.24, 2.45) is 7.05 Å². The van der Waals surface area contributed by atoms with E-state index in [0.717, 1.165) is 4.68 Å². The van der Waals surface area contributed by atoms with E-state index in [4.69, 9.17) is 16.7 Å². The lowest BCUT2D eigenvalue weighted by Gasteiger charge is -2.11. The van der Waals surface area contributed by atoms with Crippen molar-refractivity contribution in [3.63, 3.8) is 0 Å². The average Bonchev–Trinajstić information content (AvgIpc) is 3.11. The van der Waals surface area contributed by atoms with Crippen molar-refractivity contribution in [3.05, 3.63) is 40.8 Å². The van der Waals surface area contributed by atoms with Gasteiger partial charge in [0.25, 0.3) is 0 Å². The number of aromatic nitrogens is 4. The number of hydrogen-bond acceptors (Lipinski definition) is 5. The Bertz CT molecular complexity index is 1200. The molecule has 3 rings (SSSR count). The Morgan fingerprint density at radius 3 is 2.69 bits per heavy atom. The van der Waals surface area contributed by atoms with E-state index in [9.17, 15) is 26.4 Å². The van der Waals surface area contributed by atoms with Crippen LogP contribution in [0.5, 0.6) is 0 Å². The summed E-state index contributed by atoms with van der Waals surface area (Å²) in [5.74, 6) is -0.938. The monoisotopic (exact) mass is 451 g/mol. The van der Waals surface area contributed by atoms with Gasteiger partial charge in [-0.05, 0) is 18.6 Å². The summed E-state index contributed by atoms with van der Waals surface area (Å²) in [6.07, 6.45) is -4.53. The highest BCUT2D eigenvalue weighted by Gasteiger charge is 2.39. The zero-order valence-electron chi connectivity index (χ0n) is 14.6. The van der Waals surface area contributed by atoms with Crippen LogP contribution in [-0.2, 0) is 29.7 Å². The average molecular weight is 452 g/mol. The highest BCUT2D eigenvalue weighted by Crippen LogP contribution is 2.35. The number of rotatable bonds is 5. The molecule has 3 aromatic rings. The molecule has 0 unspecified atom stereocenters. The molecule has 0 aliphatic carbocycles. The molecule has 29 heavy (non-hydrogen) atoms. The Kier molecular flexibility index (Phi) is 5.21. The van der Waals surface area contributed by atoms with Gasteiger partial charge in [-0.2, -0.15) is 18.3 Å². The Morgan fingerprint density at radius 2 is 2.07 bits per heavy atom. The fourth-order valence-electron chi connectivity index (χ4n) is 2.91. The maximum Gasteiger partial charge on any atom is 0.435 e. The quantitative estimate of drug-likeness (QED) is 0.615. The summed E-state index contributed by atoms with van der Waals surface area (Å²) in [4.78, 5) is 14.7. The van der Waals surface area contributed by atoms with Crippen LogP contribution in [0.25, 0.3) is 16.9 Å². The number of hydrogen-bond donors (Lipinski definition) is 2. The topological polar surface area (TPSA) is 119 Å². The van der Waals surface area contributed by atoms with E-state index in [1.54, 1.807) is 12.1 Å². The molecule has 0 atom stereocenters. The van der Waals surface area contributed by atoms with Crippen LogP contribution in [0.4, 0.5) is 18.0 Å². The van der Waals surface area contributed by atoms with Crippen LogP contribution < -0.4 is 4.72 Å². The van der Waals surface area contributed by atoms with E-state index >= 15 is 0 Å². The van der Waals surface area contributed by atoms with Crippen molar-refractivity contribution in [2.45, 2.75) is 12.6 Å². The first-order chi connectivity index (χ1) is 13.4. The lowest BCUT2D eigenvalue weighted by atomic mass is 10.1. The summed E-state index contributed by atoms with van der Waals surface area (Å²) >= 11 is 5.88. The Balaban J connectivity index is 2.14. The molecule has 2 N–H and O–H groups in total. The molecule has 3 heterocycles. The first-order valence-electron chi connectivity index (χ1n) is 7.88. The molecule has 0 spiro atoms. The molecule has 0 aliphatic rings. The van der Waals surface area contributed by atoms with E-state index in [-0.39, 0.29) is 5.82 Å². The maximum absolute atomic E-state index is 13.5. The predicted octanol–water partition coefficient (Wildman–Crippen LogP) is 2.57. The summed E-state index contributed by atoms with van der Waals surface area (Å²) in [6.45, 7) is 0. The second-order valence-corrected chi connectivity index (χ2v) is 8.28. The number of sulfonamides is 1. The van der Waals surface area contributed by atoms with Gasteiger partial charge in [0, 0.05) is 30.4 Å². The molecule has 14 heteroatoms. The number of halogens is 4. The normalized spacial score (nSPS) is 12.4. The van der Waals surface area contributed by atoms with Gasteiger partial charge in [-0.25, -0.2) is 22.9 Å². The second-order valence-electron chi connectivity index (χ2n) is 6.00. The summed E-state index contributed by atoms with van der Waals surface area (Å²) < 4.78 is 67.7. The lowest BCUT2D eigenvalue weighted by molar-refractivity contribution is -0.142. The van der Waals surface area contributed by atoms with Crippen molar-refractivity contribution in [1.82, 2.24) is 24.1 Å². The minimum atomic E-state index is -4.85. The van der Waals surface area contributed by atoms with Gasteiger partial charge in [0.15, 0.2) is 5.69 Å². The number of amides is 1. The summed E-state index contributed by atoms with van der Waals surface area (Å²) in [5, 5.41) is 13.0. The summed E-state index contributed by atoms with van der Waals surface area (Å²) in [6, 6.07) is 3.16. The number of aryl methyl sites for hydroxylation is 1. The van der Waals surface area contributed by atoms with E-state index in [1.807, 2.05) is 0 Å². The molecule has 3 aromatic heterocycles. The molecule has 0 aromatic carbocycles. The Hall–Kier alpha value is -2.80. The SMILES string of the molecule is Cn1nc(C(F)(F)F)c(CCS(=O)(=O)NC(=O)O)c1-n1ccc2cc(Cl)cnc21. The summed E-state index contributed by atoms with van der Waals surface area (Å²) in [5.41, 5.74) is -1.39. The largest absolute Gasteiger partial charge is 0.464 e. The Morgan fingerprint density at radius 1 is 1.38 bits per heavy atom. The minimum absolute atomic E-state index is 0.0485. The first-order valence-corrected chi connectivity index (χ1v) is 9.91. The van der Waals surface area contributed by atoms with E-state index < -0.39 is 45.7 Å². The van der Waals surface area contributed by atoms with Gasteiger partial charge in [-0.3, -0.25) is 9.25 Å². The third-order valence-corrected chi connectivity index (χ3v) is 5.40. The molecule has 156 valence electrons. The standard InChI is InChI=1S/C15H13ClF3N5O4S/c1-23-13(24-4-2-8-6-9(16)7-20-12(8)24)10(11(21-23)15(17,18)19)3-5-29(27,28)22-14(25)26/h2,4,6-7,22H,3,5H2,1H3,(H,25,26). The highest BCUT2D eigenvalue weighted by atomic mass is 35.5. The lowest BCUT2D eigenvalue weighted by Crippen LogP contribution is -2.32. The molecular weight excluding hydrogens is 439 g/mol. The van der Waals surface area contributed by atoms with Gasteiger partial charge >= 0.3 is 12.3 Å². The number of alkyl halides is 3. The van der Waals surface area contributed by atoms with Gasteiger partial charge in [-0.1, -0.05) is 11.6 Å². The van der Waals surface area contributed by atoms with Crippen LogP contribution in [0.1, 0.15) is 11.3 Å². The van der Waals surface area contributed by atoms with Gasteiger partial charge in [0.2, 0.25) is 10.0 Å². The fourth-order valence-corrected chi connectivity index (χ4v) is 3.91. The Labute approximate surface area is 166 Å². The van der Waals surface area contributed by atoms with Crippen molar-refractivity contribution in [2.75, 3.05) is 5.75 Å². The van der Waals surface area contributed by atoms with Crippen LogP contribution in [0.3, 0.4) is 0 Å². The van der Waals surface area contributed by atoms with Crippen LogP contribution in [0.15, 0.2) is 24.5 Å². The molecule has 9 nitrogen and oxygen atoms in total. The van der Waals surface area contributed by atoms with E-state index in [2.05, 4.69) is 10.1 Å². The van der Waals surface area contributed by atoms with Gasteiger partial charge in [0.05, 0.1) is 10.8 Å². The molecule has 0 saturated carbocycles. The fraction of sp³-hybridized carbons (Fsp3) is 0.267. The number of carbonyl (C=O) groups is 1. The van der Waals surface area contributed by atoms with Crippen molar-refractivity contribution in [3.8, 4) is 5.82 Å². The number of nitrogens with one attached hydrogen (secondary N) is 1. The van der Waals surface area contributed by atoms with E-state index in [0.29, 0.717) is 16.1 Å². The molecule has 1 amide bonds. The van der Waals surface area contributed by atoms with Crippen LogP contribution in [0.2, 0.25) is 5.02 Å². The van der Waals surface area contributed by atoms with Gasteiger partial charge < -0.3 is 5.11 Å². The number of pyridine rings is 1. The number of carboxylic acid groups (broad SMARTS) is 1. The molecule has 0 fully saturated rings. The van der Waals surface area contributed by atoms with Crippen LogP contribution in [-0.4, -0.2) is 44.7 Å². The third kappa shape index (κ3) is 4.29. The number of nitrogens with zero attached hydrogens (tertiary/aromatic N) is 4. The predicted molar refractivity (Wildman–Crippen MR) is 96.5 cm³/mol. The van der Waals surface area contributed by atoms with Crippen molar-refractivity contribution >= 4 is 38.8 Å². The highest BCUT2D eigenvalue weighted by molar-refractivity contribution is 7.90. The maximum atomic E-state index is 13.5. The van der Waals surface area contributed by atoms with Crippen LogP contribution >= 0.6 is 11.6 Å². The smallest absolute Gasteiger partial charge is 0.435 e. The minimum Gasteiger partial charge on any atom is -0.464 e. The third-order valence-electron chi connectivity index (χ3n) is 3.97. The zero-order valence-corrected chi connectivity index (χ0v) is 16.2. The van der Waals surface area contributed by atoms with Crippen LogP contribution in [0, 0.1) is 0 Å². The molecule has 0 aliphatic heterocycles. The van der Waals surface area contributed by atoms with Crippen molar-refractivity contribution < 1.29 is 31.5 Å². The first kappa shape index (κ1) is 20.9. The van der Waals surface area contributed by atoms with Gasteiger partial charge in [-0.15, -0.1) is 0 Å². The zero-order chi connectivity index (χ0) is 21.6. The van der Waals surface area contributed by atoms with Crippen molar-refractivity contribution in [1.29, 1.82) is 0 Å². The summed E-state index contributed by atoms with van der Waals surface area (Å²) in [7, 11) is -3.08. The molecule has 0 radical (unpaired) electrons. The van der Waals surface area contributed by atoms with Gasteiger partial charge in [0.1, 0.15) is 11.5 Å². The number of fused-ring (bicyclic) bond motifs is 1. The molecule has 0 saturated heterocycles. The second kappa shape index (κ2) is 7.22. The van der Waals surface area contributed by atoms with E-state index in [1.165, 1.54) is 28.7 Å². The molecule has 0 bridgehead atoms. The molecular formula is C15H13ClF3N5O4S.